The van der Waals surface area contributed by atoms with E-state index >= 15 is 0 Å². The van der Waals surface area contributed by atoms with E-state index in [1.54, 1.807) is 23.7 Å². The summed E-state index contributed by atoms with van der Waals surface area (Å²) in [5, 5.41) is 2.63. The molecule has 0 saturated heterocycles. The molecule has 7 heteroatoms. The van der Waals surface area contributed by atoms with Crippen molar-refractivity contribution >= 4 is 52.4 Å². The molecule has 1 aromatic heterocycles. The van der Waals surface area contributed by atoms with Crippen LogP contribution in [0.15, 0.2) is 50.6 Å². The van der Waals surface area contributed by atoms with Gasteiger partial charge >= 0.3 is 0 Å². The van der Waals surface area contributed by atoms with Crippen molar-refractivity contribution in [2.75, 3.05) is 0 Å². The first-order valence-corrected chi connectivity index (χ1v) is 13.2. The zero-order valence-corrected chi connectivity index (χ0v) is 20.0. The van der Waals surface area contributed by atoms with E-state index in [2.05, 4.69) is 11.9 Å². The molecule has 0 N–H and O–H groups in total. The van der Waals surface area contributed by atoms with Gasteiger partial charge in [0.2, 0.25) is 0 Å². The van der Waals surface area contributed by atoms with Crippen LogP contribution < -0.4 is 0 Å². The Balaban J connectivity index is 1.45. The number of dihydropyridines is 1. The maximum absolute atomic E-state index is 6.37. The molecule has 0 bridgehead atoms. The lowest BCUT2D eigenvalue weighted by molar-refractivity contribution is 0.687. The lowest BCUT2D eigenvalue weighted by atomic mass is 9.87. The molecule has 30 heavy (non-hydrogen) atoms. The van der Waals surface area contributed by atoms with E-state index in [-0.39, 0.29) is 5.37 Å². The van der Waals surface area contributed by atoms with E-state index in [1.807, 2.05) is 30.0 Å². The van der Waals surface area contributed by atoms with E-state index in [4.69, 9.17) is 33.2 Å². The number of benzene rings is 1. The number of fused-ring (bicyclic) bond motifs is 4. The summed E-state index contributed by atoms with van der Waals surface area (Å²) in [6.45, 7) is 2.25. The minimum Gasteiger partial charge on any atom is -0.274 e. The molecule has 3 heterocycles. The highest BCUT2D eigenvalue weighted by molar-refractivity contribution is 8.02. The molecule has 0 fully saturated rings. The Kier molecular flexibility index (Phi) is 6.16. The summed E-state index contributed by atoms with van der Waals surface area (Å²) < 4.78 is 0. The Bertz CT molecular complexity index is 1030. The number of hydrogen-bond acceptors (Lipinski definition) is 5. The van der Waals surface area contributed by atoms with Gasteiger partial charge in [0.1, 0.15) is 16.7 Å². The summed E-state index contributed by atoms with van der Waals surface area (Å²) in [6.07, 6.45) is 8.85. The lowest BCUT2D eigenvalue weighted by Crippen LogP contribution is -2.21. The standard InChI is InChI=1S/C23H23Cl2N3S2/c1-2-3-10-18-13-6-4-7-14(13)19-20-21(30-22(19)28-18)23(27-12-26-20)29-11-15-16(24)8-5-9-17(15)25/h5,8-9,12,19,22H,2-4,6-7,10-11H2,1H3/t19-,22+/m1/s1. The van der Waals surface area contributed by atoms with Crippen LogP contribution in [0.2, 0.25) is 10.0 Å². The fraction of sp³-hybridized carbons (Fsp3) is 0.435. The Labute approximate surface area is 196 Å². The molecule has 0 spiro atoms. The van der Waals surface area contributed by atoms with Gasteiger partial charge in [-0.05, 0) is 55.4 Å². The van der Waals surface area contributed by atoms with Crippen molar-refractivity contribution in [3.8, 4) is 0 Å². The van der Waals surface area contributed by atoms with Crippen LogP contribution in [0.3, 0.4) is 0 Å². The zero-order chi connectivity index (χ0) is 20.7. The summed E-state index contributed by atoms with van der Waals surface area (Å²) in [6, 6.07) is 5.65. The molecule has 5 rings (SSSR count). The Morgan fingerprint density at radius 3 is 2.80 bits per heavy atom. The number of rotatable bonds is 6. The molecule has 2 aliphatic heterocycles. The molecule has 1 aliphatic carbocycles. The molecule has 3 aliphatic rings. The second-order valence-corrected chi connectivity index (χ2v) is 10.8. The highest BCUT2D eigenvalue weighted by Crippen LogP contribution is 2.56. The van der Waals surface area contributed by atoms with Gasteiger partial charge in [0.05, 0.1) is 16.5 Å². The predicted molar refractivity (Wildman–Crippen MR) is 128 cm³/mol. The molecule has 0 saturated carbocycles. The molecule has 2 aromatic rings. The fourth-order valence-electron chi connectivity index (χ4n) is 4.61. The van der Waals surface area contributed by atoms with Crippen LogP contribution in [-0.2, 0) is 5.75 Å². The van der Waals surface area contributed by atoms with Crippen molar-refractivity contribution in [1.29, 1.82) is 0 Å². The average Bonchev–Trinajstić information content (AvgIpc) is 3.36. The number of unbranched alkanes of at least 4 members (excludes halogenated alkanes) is 1. The summed E-state index contributed by atoms with van der Waals surface area (Å²) in [5.41, 5.74) is 6.61. The first kappa shape index (κ1) is 20.9. The van der Waals surface area contributed by atoms with Gasteiger partial charge in [-0.2, -0.15) is 0 Å². The highest BCUT2D eigenvalue weighted by atomic mass is 35.5. The lowest BCUT2D eigenvalue weighted by Gasteiger charge is -2.26. The number of thioether (sulfide) groups is 2. The number of aliphatic imine (C=N–C) groups is 1. The third kappa shape index (κ3) is 3.72. The van der Waals surface area contributed by atoms with Crippen LogP contribution in [0, 0.1) is 0 Å². The summed E-state index contributed by atoms with van der Waals surface area (Å²) in [7, 11) is 0. The van der Waals surface area contributed by atoms with Crippen LogP contribution >= 0.6 is 46.7 Å². The smallest absolute Gasteiger partial charge is 0.117 e. The average molecular weight is 476 g/mol. The maximum atomic E-state index is 6.37. The van der Waals surface area contributed by atoms with Crippen molar-refractivity contribution in [2.24, 2.45) is 4.99 Å². The first-order chi connectivity index (χ1) is 14.7. The Morgan fingerprint density at radius 1 is 1.17 bits per heavy atom. The van der Waals surface area contributed by atoms with Crippen LogP contribution in [0.25, 0.3) is 0 Å². The summed E-state index contributed by atoms with van der Waals surface area (Å²) in [4.78, 5) is 15.8. The number of nitrogens with zero attached hydrogens (tertiary/aromatic N) is 3. The van der Waals surface area contributed by atoms with Crippen LogP contribution in [0.4, 0.5) is 0 Å². The van der Waals surface area contributed by atoms with Gasteiger partial charge in [-0.15, -0.1) is 11.8 Å². The molecule has 3 nitrogen and oxygen atoms in total. The van der Waals surface area contributed by atoms with Crippen LogP contribution in [-0.4, -0.2) is 21.1 Å². The molecule has 1 aromatic carbocycles. The quantitative estimate of drug-likeness (QED) is 0.316. The Hall–Kier alpha value is -1.01. The van der Waals surface area contributed by atoms with E-state index in [0.717, 1.165) is 17.0 Å². The largest absolute Gasteiger partial charge is 0.274 e. The fourth-order valence-corrected chi connectivity index (χ4v) is 7.87. The second-order valence-electron chi connectivity index (χ2n) is 7.90. The second kappa shape index (κ2) is 8.85. The van der Waals surface area contributed by atoms with Gasteiger partial charge in [0.15, 0.2) is 0 Å². The van der Waals surface area contributed by atoms with Crippen molar-refractivity contribution < 1.29 is 0 Å². The van der Waals surface area contributed by atoms with Gasteiger partial charge in [0, 0.05) is 21.5 Å². The first-order valence-electron chi connectivity index (χ1n) is 10.5. The highest BCUT2D eigenvalue weighted by Gasteiger charge is 2.44. The number of allylic oxidation sites excluding steroid dienone is 1. The van der Waals surface area contributed by atoms with Gasteiger partial charge in [-0.25, -0.2) is 9.97 Å². The van der Waals surface area contributed by atoms with Crippen molar-refractivity contribution in [3.05, 3.63) is 57.0 Å². The van der Waals surface area contributed by atoms with Gasteiger partial charge in [-0.3, -0.25) is 4.99 Å². The third-order valence-electron chi connectivity index (χ3n) is 6.07. The van der Waals surface area contributed by atoms with Crippen molar-refractivity contribution in [1.82, 2.24) is 9.97 Å². The molecular weight excluding hydrogens is 453 g/mol. The van der Waals surface area contributed by atoms with Gasteiger partial charge in [-0.1, -0.05) is 59.9 Å². The van der Waals surface area contributed by atoms with Gasteiger partial charge in [0.25, 0.3) is 0 Å². The van der Waals surface area contributed by atoms with E-state index in [9.17, 15) is 0 Å². The third-order valence-corrected chi connectivity index (χ3v) is 9.18. The van der Waals surface area contributed by atoms with E-state index in [0.29, 0.717) is 21.7 Å². The van der Waals surface area contributed by atoms with Crippen molar-refractivity contribution in [2.45, 2.75) is 72.4 Å². The molecule has 0 radical (unpaired) electrons. The minimum absolute atomic E-state index is 0.212. The monoisotopic (exact) mass is 475 g/mol. The summed E-state index contributed by atoms with van der Waals surface area (Å²) >= 11 is 16.3. The van der Waals surface area contributed by atoms with E-state index in [1.165, 1.54) is 54.0 Å². The Morgan fingerprint density at radius 2 is 2.00 bits per heavy atom. The molecular formula is C23H23Cl2N3S2. The minimum atomic E-state index is 0.212. The number of halogens is 2. The van der Waals surface area contributed by atoms with E-state index < -0.39 is 0 Å². The molecule has 0 unspecified atom stereocenters. The van der Waals surface area contributed by atoms with Crippen molar-refractivity contribution in [3.63, 3.8) is 0 Å². The summed E-state index contributed by atoms with van der Waals surface area (Å²) in [5.74, 6) is 1.01. The maximum Gasteiger partial charge on any atom is 0.117 e. The number of hydrogen-bond donors (Lipinski definition) is 0. The van der Waals surface area contributed by atoms with Gasteiger partial charge < -0.3 is 0 Å². The zero-order valence-electron chi connectivity index (χ0n) is 16.8. The van der Waals surface area contributed by atoms with Crippen LogP contribution in [0.5, 0.6) is 0 Å². The predicted octanol–water partition coefficient (Wildman–Crippen LogP) is 7.72. The molecule has 2 atom stereocenters. The SMILES string of the molecule is CCCCC1=N[C@H]2Sc3c(SCc4c(Cl)cccc4Cl)ncnc3[C@H]2C2=C1CCC2. The molecule has 0 amide bonds. The normalized spacial score (nSPS) is 22.0. The van der Waals surface area contributed by atoms with Crippen LogP contribution in [0.1, 0.15) is 62.6 Å². The number of aromatic nitrogens is 2. The topological polar surface area (TPSA) is 38.1 Å². The molecule has 156 valence electrons.